The number of hydrogen-bond donors (Lipinski definition) is 1. The molecule has 0 bridgehead atoms. The second-order valence-corrected chi connectivity index (χ2v) is 3.82. The van der Waals surface area contributed by atoms with E-state index in [4.69, 9.17) is 6.42 Å². The van der Waals surface area contributed by atoms with Crippen molar-refractivity contribution in [2.75, 3.05) is 6.54 Å². The van der Waals surface area contributed by atoms with Gasteiger partial charge in [0.25, 0.3) is 5.69 Å². The van der Waals surface area contributed by atoms with Gasteiger partial charge in [-0.05, 0) is 24.0 Å². The van der Waals surface area contributed by atoms with Crippen LogP contribution in [0.15, 0.2) is 18.2 Å². The molecule has 0 saturated heterocycles. The number of nitro benzene ring substituents is 1. The van der Waals surface area contributed by atoms with E-state index in [9.17, 15) is 10.1 Å². The van der Waals surface area contributed by atoms with Gasteiger partial charge in [0.05, 0.1) is 11.5 Å². The Morgan fingerprint density at radius 1 is 1.62 bits per heavy atom. The summed E-state index contributed by atoms with van der Waals surface area (Å²) in [5.41, 5.74) is 2.35. The lowest BCUT2D eigenvalue weighted by Gasteiger charge is -2.11. The number of fused-ring (bicyclic) bond motifs is 1. The summed E-state index contributed by atoms with van der Waals surface area (Å²) in [6, 6.07) is 5.20. The highest BCUT2D eigenvalue weighted by molar-refractivity contribution is 5.44. The second kappa shape index (κ2) is 4.33. The minimum Gasteiger partial charge on any atom is -0.299 e. The van der Waals surface area contributed by atoms with E-state index in [1.807, 2.05) is 6.07 Å². The third-order valence-electron chi connectivity index (χ3n) is 2.87. The van der Waals surface area contributed by atoms with Crippen molar-refractivity contribution in [3.05, 3.63) is 39.4 Å². The van der Waals surface area contributed by atoms with Gasteiger partial charge in [-0.15, -0.1) is 6.42 Å². The van der Waals surface area contributed by atoms with Gasteiger partial charge in [0.15, 0.2) is 0 Å². The Morgan fingerprint density at radius 2 is 2.44 bits per heavy atom. The van der Waals surface area contributed by atoms with Crippen LogP contribution in [-0.4, -0.2) is 11.5 Å². The zero-order valence-corrected chi connectivity index (χ0v) is 8.77. The summed E-state index contributed by atoms with van der Waals surface area (Å²) in [4.78, 5) is 10.3. The largest absolute Gasteiger partial charge is 0.299 e. The zero-order chi connectivity index (χ0) is 11.5. The molecule has 0 radical (unpaired) electrons. The molecule has 0 spiro atoms. The average Bonchev–Trinajstić information content (AvgIpc) is 2.68. The lowest BCUT2D eigenvalue weighted by Crippen LogP contribution is -2.19. The highest BCUT2D eigenvalue weighted by atomic mass is 16.6. The molecule has 1 aromatic rings. The normalized spacial score (nSPS) is 17.8. The van der Waals surface area contributed by atoms with Crippen molar-refractivity contribution in [3.8, 4) is 12.3 Å². The molecule has 0 amide bonds. The fraction of sp³-hybridized carbons (Fsp3) is 0.333. The molecule has 4 heteroatoms. The lowest BCUT2D eigenvalue weighted by atomic mass is 10.1. The molecule has 0 heterocycles. The van der Waals surface area contributed by atoms with Crippen LogP contribution >= 0.6 is 0 Å². The van der Waals surface area contributed by atoms with Gasteiger partial charge < -0.3 is 0 Å². The van der Waals surface area contributed by atoms with Crippen LogP contribution in [-0.2, 0) is 6.42 Å². The van der Waals surface area contributed by atoms with Gasteiger partial charge in [-0.1, -0.05) is 12.0 Å². The number of non-ortho nitro benzene ring substituents is 1. The summed E-state index contributed by atoms with van der Waals surface area (Å²) in [6.45, 7) is 0.493. The fourth-order valence-electron chi connectivity index (χ4n) is 2.10. The number of rotatable bonds is 3. The first-order valence-electron chi connectivity index (χ1n) is 5.16. The van der Waals surface area contributed by atoms with Crippen molar-refractivity contribution in [1.29, 1.82) is 0 Å². The van der Waals surface area contributed by atoms with E-state index >= 15 is 0 Å². The van der Waals surface area contributed by atoms with Gasteiger partial charge in [-0.3, -0.25) is 15.4 Å². The molecule has 82 valence electrons. The molecule has 0 aliphatic heterocycles. The number of nitro groups is 1. The number of benzene rings is 1. The van der Waals surface area contributed by atoms with Gasteiger partial charge in [-0.2, -0.15) is 0 Å². The monoisotopic (exact) mass is 216 g/mol. The van der Waals surface area contributed by atoms with Crippen LogP contribution in [0.3, 0.4) is 0 Å². The van der Waals surface area contributed by atoms with Gasteiger partial charge in [0.1, 0.15) is 0 Å². The molecule has 16 heavy (non-hydrogen) atoms. The maximum Gasteiger partial charge on any atom is 0.269 e. The lowest BCUT2D eigenvalue weighted by molar-refractivity contribution is -0.384. The number of aryl methyl sites for hydroxylation is 1. The Labute approximate surface area is 93.8 Å². The van der Waals surface area contributed by atoms with Gasteiger partial charge in [-0.25, -0.2) is 0 Å². The number of nitrogens with one attached hydrogen (secondary N) is 1. The van der Waals surface area contributed by atoms with Crippen LogP contribution in [0.25, 0.3) is 0 Å². The van der Waals surface area contributed by atoms with E-state index in [1.165, 1.54) is 5.56 Å². The van der Waals surface area contributed by atoms with Crippen molar-refractivity contribution < 1.29 is 4.92 Å². The molecule has 1 unspecified atom stereocenters. The minimum atomic E-state index is -0.364. The Hall–Kier alpha value is -1.86. The van der Waals surface area contributed by atoms with Crippen molar-refractivity contribution in [1.82, 2.24) is 5.32 Å². The molecule has 1 aliphatic rings. The van der Waals surface area contributed by atoms with Gasteiger partial charge in [0.2, 0.25) is 0 Å². The first-order valence-corrected chi connectivity index (χ1v) is 5.16. The fourth-order valence-corrected chi connectivity index (χ4v) is 2.10. The van der Waals surface area contributed by atoms with Crippen LogP contribution in [0.4, 0.5) is 5.69 Å². The van der Waals surface area contributed by atoms with Crippen molar-refractivity contribution in [3.63, 3.8) is 0 Å². The van der Waals surface area contributed by atoms with Gasteiger partial charge >= 0.3 is 0 Å². The Bertz CT molecular complexity index is 463. The third kappa shape index (κ3) is 1.90. The molecular weight excluding hydrogens is 204 g/mol. The van der Waals surface area contributed by atoms with E-state index in [2.05, 4.69) is 11.2 Å². The first kappa shape index (κ1) is 10.7. The highest BCUT2D eigenvalue weighted by Gasteiger charge is 2.23. The highest BCUT2D eigenvalue weighted by Crippen LogP contribution is 2.33. The second-order valence-electron chi connectivity index (χ2n) is 3.82. The molecule has 2 rings (SSSR count). The Kier molecular flexibility index (Phi) is 2.88. The average molecular weight is 216 g/mol. The van der Waals surface area contributed by atoms with Crippen molar-refractivity contribution in [2.45, 2.75) is 18.9 Å². The Morgan fingerprint density at radius 3 is 3.12 bits per heavy atom. The summed E-state index contributed by atoms with van der Waals surface area (Å²) in [5.74, 6) is 2.52. The van der Waals surface area contributed by atoms with Crippen LogP contribution in [0, 0.1) is 22.5 Å². The van der Waals surface area contributed by atoms with Crippen molar-refractivity contribution >= 4 is 5.69 Å². The van der Waals surface area contributed by atoms with E-state index < -0.39 is 0 Å². The standard InChI is InChI=1S/C12H12N2O2/c1-2-7-13-12-6-4-9-3-5-10(14(15)16)8-11(9)12/h1,3,5,8,12-13H,4,6-7H2. The number of nitrogens with zero attached hydrogens (tertiary/aromatic N) is 1. The smallest absolute Gasteiger partial charge is 0.269 e. The van der Waals surface area contributed by atoms with E-state index in [-0.39, 0.29) is 16.7 Å². The predicted octanol–water partition coefficient (Wildman–Crippen LogP) is 1.80. The van der Waals surface area contributed by atoms with Crippen LogP contribution in [0.5, 0.6) is 0 Å². The van der Waals surface area contributed by atoms with Gasteiger partial charge in [0, 0.05) is 18.2 Å². The summed E-state index contributed by atoms with van der Waals surface area (Å²) in [5, 5.41) is 13.9. The number of terminal acetylenes is 1. The first-order chi connectivity index (χ1) is 7.72. The summed E-state index contributed by atoms with van der Waals surface area (Å²) in [6.07, 6.45) is 7.09. The summed E-state index contributed by atoms with van der Waals surface area (Å²) in [7, 11) is 0. The third-order valence-corrected chi connectivity index (χ3v) is 2.87. The SMILES string of the molecule is C#CCNC1CCc2ccc([N+](=O)[O-])cc21. The molecule has 4 nitrogen and oxygen atoms in total. The quantitative estimate of drug-likeness (QED) is 0.476. The predicted molar refractivity (Wildman–Crippen MR) is 61.0 cm³/mol. The minimum absolute atomic E-state index is 0.146. The molecular formula is C12H12N2O2. The molecule has 1 aromatic carbocycles. The van der Waals surface area contributed by atoms with Crippen molar-refractivity contribution in [2.24, 2.45) is 0 Å². The maximum absolute atomic E-state index is 10.7. The van der Waals surface area contributed by atoms with E-state index in [0.29, 0.717) is 6.54 Å². The molecule has 1 N–H and O–H groups in total. The molecule has 1 aliphatic carbocycles. The Balaban J connectivity index is 2.27. The van der Waals surface area contributed by atoms with Crippen LogP contribution in [0.2, 0.25) is 0 Å². The molecule has 1 atom stereocenters. The zero-order valence-electron chi connectivity index (χ0n) is 8.77. The van der Waals surface area contributed by atoms with E-state index in [0.717, 1.165) is 18.4 Å². The molecule has 0 saturated carbocycles. The van der Waals surface area contributed by atoms with E-state index in [1.54, 1.807) is 12.1 Å². The number of hydrogen-bond acceptors (Lipinski definition) is 3. The molecule has 0 aromatic heterocycles. The summed E-state index contributed by atoms with van der Waals surface area (Å²) < 4.78 is 0. The van der Waals surface area contributed by atoms with Crippen LogP contribution in [0.1, 0.15) is 23.6 Å². The maximum atomic E-state index is 10.7. The summed E-state index contributed by atoms with van der Waals surface area (Å²) >= 11 is 0. The van der Waals surface area contributed by atoms with Crippen LogP contribution < -0.4 is 5.32 Å². The molecule has 0 fully saturated rings. The topological polar surface area (TPSA) is 55.2 Å².